The Labute approximate surface area is 112 Å². The molecule has 0 amide bonds. The average molecular weight is 284 g/mol. The molecule has 1 aromatic carbocycles. The minimum Gasteiger partial charge on any atom is -0.478 e. The second-order valence-corrected chi connectivity index (χ2v) is 4.37. The van der Waals surface area contributed by atoms with Crippen molar-refractivity contribution in [1.29, 1.82) is 0 Å². The van der Waals surface area contributed by atoms with Gasteiger partial charge in [0.1, 0.15) is 0 Å². The van der Waals surface area contributed by atoms with Gasteiger partial charge in [-0.05, 0) is 38.1 Å². The second-order valence-electron chi connectivity index (χ2n) is 4.37. The second kappa shape index (κ2) is 4.66. The normalized spacial score (nSPS) is 11.7. The third-order valence-electron chi connectivity index (χ3n) is 2.79. The van der Waals surface area contributed by atoms with E-state index >= 15 is 0 Å². The van der Waals surface area contributed by atoms with Gasteiger partial charge >= 0.3 is 12.1 Å². The Hall–Kier alpha value is -2.31. The molecule has 1 heterocycles. The summed E-state index contributed by atoms with van der Waals surface area (Å²) in [7, 11) is 0. The summed E-state index contributed by atoms with van der Waals surface area (Å²) < 4.78 is 40.1. The fraction of sp³-hybridized carbons (Fsp3) is 0.231. The minimum absolute atomic E-state index is 0.174. The van der Waals surface area contributed by atoms with Crippen LogP contribution >= 0.6 is 0 Å². The van der Waals surface area contributed by atoms with E-state index in [1.165, 1.54) is 10.7 Å². The van der Waals surface area contributed by atoms with E-state index in [1.54, 1.807) is 19.9 Å². The number of hydrogen-bond acceptors (Lipinski definition) is 2. The SMILES string of the molecule is Cc1cc(C)n(-c2ccc(C(=O)O)c(C(F)(F)F)c2)n1. The topological polar surface area (TPSA) is 55.1 Å². The Morgan fingerprint density at radius 3 is 2.35 bits per heavy atom. The molecule has 0 unspecified atom stereocenters. The first kappa shape index (κ1) is 14.1. The van der Waals surface area contributed by atoms with Gasteiger partial charge in [0.15, 0.2) is 0 Å². The van der Waals surface area contributed by atoms with Crippen LogP contribution < -0.4 is 0 Å². The van der Waals surface area contributed by atoms with Gasteiger partial charge in [-0.2, -0.15) is 18.3 Å². The van der Waals surface area contributed by atoms with Crippen molar-refractivity contribution in [3.63, 3.8) is 0 Å². The van der Waals surface area contributed by atoms with Crippen LogP contribution in [0.3, 0.4) is 0 Å². The Morgan fingerprint density at radius 2 is 1.90 bits per heavy atom. The van der Waals surface area contributed by atoms with Crippen molar-refractivity contribution in [2.24, 2.45) is 0 Å². The van der Waals surface area contributed by atoms with Crippen LogP contribution in [0.15, 0.2) is 24.3 Å². The van der Waals surface area contributed by atoms with Crippen LogP contribution in [0.5, 0.6) is 0 Å². The molecule has 0 bridgehead atoms. The van der Waals surface area contributed by atoms with Crippen molar-refractivity contribution in [3.05, 3.63) is 46.8 Å². The number of nitrogens with zero attached hydrogens (tertiary/aromatic N) is 2. The summed E-state index contributed by atoms with van der Waals surface area (Å²) in [4.78, 5) is 10.9. The fourth-order valence-electron chi connectivity index (χ4n) is 1.98. The molecule has 1 N–H and O–H groups in total. The highest BCUT2D eigenvalue weighted by Gasteiger charge is 2.35. The number of aromatic nitrogens is 2. The molecule has 0 saturated heterocycles. The van der Waals surface area contributed by atoms with Crippen molar-refractivity contribution >= 4 is 5.97 Å². The first-order chi connectivity index (χ1) is 9.20. The highest BCUT2D eigenvalue weighted by Crippen LogP contribution is 2.33. The van der Waals surface area contributed by atoms with Crippen LogP contribution in [0, 0.1) is 13.8 Å². The van der Waals surface area contributed by atoms with Crippen LogP contribution in [-0.2, 0) is 6.18 Å². The number of carboxylic acid groups (broad SMARTS) is 1. The molecule has 0 fully saturated rings. The first-order valence-corrected chi connectivity index (χ1v) is 5.68. The number of aromatic carboxylic acids is 1. The van der Waals surface area contributed by atoms with E-state index in [0.29, 0.717) is 11.4 Å². The van der Waals surface area contributed by atoms with E-state index in [4.69, 9.17) is 5.11 Å². The lowest BCUT2D eigenvalue weighted by Crippen LogP contribution is -2.14. The molecule has 0 aliphatic carbocycles. The van der Waals surface area contributed by atoms with Gasteiger partial charge in [0, 0.05) is 5.69 Å². The summed E-state index contributed by atoms with van der Waals surface area (Å²) in [5, 5.41) is 12.9. The first-order valence-electron chi connectivity index (χ1n) is 5.68. The predicted octanol–water partition coefficient (Wildman–Crippen LogP) is 3.21. The van der Waals surface area contributed by atoms with Crippen LogP contribution in [0.4, 0.5) is 13.2 Å². The van der Waals surface area contributed by atoms with Gasteiger partial charge in [0.25, 0.3) is 0 Å². The molecular formula is C13H11F3N2O2. The summed E-state index contributed by atoms with van der Waals surface area (Å²) >= 11 is 0. The molecule has 1 aromatic heterocycles. The summed E-state index contributed by atoms with van der Waals surface area (Å²) in [6.07, 6.45) is -4.74. The maximum Gasteiger partial charge on any atom is 0.417 e. The molecule has 0 atom stereocenters. The number of alkyl halides is 3. The van der Waals surface area contributed by atoms with Gasteiger partial charge in [-0.1, -0.05) is 0 Å². The maximum atomic E-state index is 12.9. The number of halogens is 3. The summed E-state index contributed by atoms with van der Waals surface area (Å²) in [6, 6.07) is 4.76. The van der Waals surface area contributed by atoms with Gasteiger partial charge in [0.2, 0.25) is 0 Å². The Bertz CT molecular complexity index is 675. The molecule has 2 rings (SSSR count). The van der Waals surface area contributed by atoms with Crippen LogP contribution in [-0.4, -0.2) is 20.9 Å². The molecule has 0 aliphatic heterocycles. The van der Waals surface area contributed by atoms with Crippen molar-refractivity contribution in [2.45, 2.75) is 20.0 Å². The zero-order chi connectivity index (χ0) is 15.1. The van der Waals surface area contributed by atoms with Crippen molar-refractivity contribution in [3.8, 4) is 5.69 Å². The molecule has 20 heavy (non-hydrogen) atoms. The highest BCUT2D eigenvalue weighted by atomic mass is 19.4. The van der Waals surface area contributed by atoms with E-state index in [1.807, 2.05) is 0 Å². The molecule has 106 valence electrons. The smallest absolute Gasteiger partial charge is 0.417 e. The van der Waals surface area contributed by atoms with E-state index < -0.39 is 23.3 Å². The van der Waals surface area contributed by atoms with Crippen molar-refractivity contribution in [1.82, 2.24) is 9.78 Å². The maximum absolute atomic E-state index is 12.9. The number of carbonyl (C=O) groups is 1. The Kier molecular flexibility index (Phi) is 3.29. The number of benzene rings is 1. The predicted molar refractivity (Wildman–Crippen MR) is 65.0 cm³/mol. The zero-order valence-electron chi connectivity index (χ0n) is 10.7. The quantitative estimate of drug-likeness (QED) is 0.921. The number of rotatable bonds is 2. The van der Waals surface area contributed by atoms with E-state index in [2.05, 4.69) is 5.10 Å². The number of carboxylic acids is 1. The molecule has 7 heteroatoms. The minimum atomic E-state index is -4.74. The summed E-state index contributed by atoms with van der Waals surface area (Å²) in [5.41, 5.74) is -0.456. The van der Waals surface area contributed by atoms with Gasteiger partial charge < -0.3 is 5.11 Å². The van der Waals surface area contributed by atoms with Gasteiger partial charge in [-0.3, -0.25) is 0 Å². The lowest BCUT2D eigenvalue weighted by molar-refractivity contribution is -0.138. The van der Waals surface area contributed by atoms with Crippen LogP contribution in [0.2, 0.25) is 0 Å². The monoisotopic (exact) mass is 284 g/mol. The molecule has 0 radical (unpaired) electrons. The summed E-state index contributed by atoms with van der Waals surface area (Å²) in [6.45, 7) is 3.43. The number of hydrogen-bond donors (Lipinski definition) is 1. The number of aryl methyl sites for hydroxylation is 2. The largest absolute Gasteiger partial charge is 0.478 e. The van der Waals surface area contributed by atoms with Gasteiger partial charge in [0.05, 0.1) is 22.5 Å². The zero-order valence-corrected chi connectivity index (χ0v) is 10.7. The fourth-order valence-corrected chi connectivity index (χ4v) is 1.98. The molecule has 0 spiro atoms. The van der Waals surface area contributed by atoms with E-state index in [0.717, 1.165) is 12.1 Å². The van der Waals surface area contributed by atoms with Crippen LogP contribution in [0.1, 0.15) is 27.3 Å². The van der Waals surface area contributed by atoms with Gasteiger partial charge in [-0.15, -0.1) is 0 Å². The van der Waals surface area contributed by atoms with Crippen molar-refractivity contribution < 1.29 is 23.1 Å². The molecule has 0 aliphatic rings. The molecule has 2 aromatic rings. The molecular weight excluding hydrogens is 273 g/mol. The van der Waals surface area contributed by atoms with Crippen LogP contribution in [0.25, 0.3) is 5.69 Å². The lowest BCUT2D eigenvalue weighted by Gasteiger charge is -2.13. The van der Waals surface area contributed by atoms with Gasteiger partial charge in [-0.25, -0.2) is 9.48 Å². The van der Waals surface area contributed by atoms with E-state index in [9.17, 15) is 18.0 Å². The molecule has 4 nitrogen and oxygen atoms in total. The lowest BCUT2D eigenvalue weighted by atomic mass is 10.1. The summed E-state index contributed by atoms with van der Waals surface area (Å²) in [5.74, 6) is -1.61. The average Bonchev–Trinajstić information content (AvgIpc) is 2.66. The Balaban J connectivity index is 2.64. The van der Waals surface area contributed by atoms with Crippen molar-refractivity contribution in [2.75, 3.05) is 0 Å². The highest BCUT2D eigenvalue weighted by molar-refractivity contribution is 5.90. The Morgan fingerprint density at radius 1 is 1.25 bits per heavy atom. The standard InChI is InChI=1S/C13H11F3N2O2/c1-7-5-8(2)18(17-7)9-3-4-10(12(19)20)11(6-9)13(14,15)16/h3-6H,1-2H3,(H,19,20). The third-order valence-corrected chi connectivity index (χ3v) is 2.79. The van der Waals surface area contributed by atoms with E-state index in [-0.39, 0.29) is 5.69 Å². The molecule has 0 saturated carbocycles. The third kappa shape index (κ3) is 2.52.